The van der Waals surface area contributed by atoms with E-state index < -0.39 is 7.60 Å². The highest BCUT2D eigenvalue weighted by Gasteiger charge is 2.14. The van der Waals surface area contributed by atoms with Gasteiger partial charge in [0.25, 0.3) is 0 Å². The summed E-state index contributed by atoms with van der Waals surface area (Å²) in [5.41, 5.74) is 0. The van der Waals surface area contributed by atoms with Gasteiger partial charge in [-0.3, -0.25) is 0 Å². The number of hydrogen-bond acceptors (Lipinski definition) is 6. The maximum absolute atomic E-state index is 11.5. The van der Waals surface area contributed by atoms with Gasteiger partial charge in [-0.1, -0.05) is 0 Å². The predicted octanol–water partition coefficient (Wildman–Crippen LogP) is 1.64. The van der Waals surface area contributed by atoms with Gasteiger partial charge in [0.05, 0.1) is 6.61 Å². The largest absolute Gasteiger partial charge is 0.493 e. The zero-order chi connectivity index (χ0) is 12.7. The molecule has 0 spiro atoms. The number of allylic oxidation sites excluding steroid dienone is 1. The van der Waals surface area contributed by atoms with Gasteiger partial charge in [-0.15, -0.1) is 0 Å². The summed E-state index contributed by atoms with van der Waals surface area (Å²) in [6.07, 6.45) is 4.26. The van der Waals surface area contributed by atoms with Crippen molar-refractivity contribution >= 4 is 7.60 Å². The third-order valence-corrected chi connectivity index (χ3v) is 2.97. The molecule has 1 rings (SSSR count). The van der Waals surface area contributed by atoms with Crippen LogP contribution < -0.4 is 0 Å². The highest BCUT2D eigenvalue weighted by molar-refractivity contribution is 7.53. The fraction of sp³-hybridized carbons (Fsp3) is 0.556. The standard InChI is InChI=1S/C9H16N3O4P/c1-4-15-9(5-12-8-10-7-11-12)6-16-17(3,13)14-2/h6-8H,4-5H2,1-3H3/b9-6+. The van der Waals surface area contributed by atoms with Crippen LogP contribution in [0.4, 0.5) is 0 Å². The number of ether oxygens (including phenoxy) is 1. The van der Waals surface area contributed by atoms with Crippen molar-refractivity contribution in [2.24, 2.45) is 0 Å². The van der Waals surface area contributed by atoms with E-state index in [0.29, 0.717) is 18.9 Å². The zero-order valence-electron chi connectivity index (χ0n) is 10.1. The first kappa shape index (κ1) is 13.7. The van der Waals surface area contributed by atoms with E-state index >= 15 is 0 Å². The normalized spacial score (nSPS) is 15.4. The van der Waals surface area contributed by atoms with Crippen molar-refractivity contribution in [2.75, 3.05) is 20.4 Å². The average molecular weight is 261 g/mol. The van der Waals surface area contributed by atoms with Crippen molar-refractivity contribution in [2.45, 2.75) is 13.5 Å². The molecular formula is C9H16N3O4P. The number of aromatic nitrogens is 3. The second-order valence-corrected chi connectivity index (χ2v) is 5.29. The molecule has 0 saturated heterocycles. The van der Waals surface area contributed by atoms with Gasteiger partial charge >= 0.3 is 7.60 Å². The van der Waals surface area contributed by atoms with Crippen LogP contribution in [0.2, 0.25) is 0 Å². The van der Waals surface area contributed by atoms with Crippen molar-refractivity contribution in [3.63, 3.8) is 0 Å². The van der Waals surface area contributed by atoms with Gasteiger partial charge in [-0.05, 0) is 6.92 Å². The summed E-state index contributed by atoms with van der Waals surface area (Å²) in [7, 11) is -1.72. The molecule has 0 N–H and O–H groups in total. The molecule has 0 fully saturated rings. The molecule has 1 atom stereocenters. The van der Waals surface area contributed by atoms with E-state index in [1.807, 2.05) is 6.92 Å². The fourth-order valence-electron chi connectivity index (χ4n) is 0.974. The van der Waals surface area contributed by atoms with Gasteiger partial charge < -0.3 is 13.8 Å². The van der Waals surface area contributed by atoms with E-state index in [4.69, 9.17) is 13.8 Å². The molecule has 7 nitrogen and oxygen atoms in total. The third kappa shape index (κ3) is 5.01. The van der Waals surface area contributed by atoms with Crippen LogP contribution in [0.3, 0.4) is 0 Å². The molecule has 8 heteroatoms. The van der Waals surface area contributed by atoms with Gasteiger partial charge in [0, 0.05) is 13.8 Å². The van der Waals surface area contributed by atoms with Gasteiger partial charge in [0.15, 0.2) is 5.76 Å². The van der Waals surface area contributed by atoms with Crippen molar-refractivity contribution in [3.05, 3.63) is 24.7 Å². The lowest BCUT2D eigenvalue weighted by Crippen LogP contribution is -2.05. The molecule has 1 aromatic heterocycles. The molecule has 0 bridgehead atoms. The SMILES string of the molecule is CCO/C(=C/OP(C)(=O)OC)Cn1cncn1. The monoisotopic (exact) mass is 261 g/mol. The second-order valence-electron chi connectivity index (χ2n) is 3.17. The quantitative estimate of drug-likeness (QED) is 0.548. The second kappa shape index (κ2) is 6.42. The Kier molecular flexibility index (Phi) is 5.18. The predicted molar refractivity (Wildman–Crippen MR) is 61.4 cm³/mol. The maximum Gasteiger partial charge on any atom is 0.375 e. The van der Waals surface area contributed by atoms with E-state index in [2.05, 4.69) is 10.1 Å². The van der Waals surface area contributed by atoms with Gasteiger partial charge in [-0.25, -0.2) is 14.2 Å². The molecule has 0 aliphatic heterocycles. The lowest BCUT2D eigenvalue weighted by molar-refractivity contribution is 0.195. The minimum atomic E-state index is -3.04. The zero-order valence-corrected chi connectivity index (χ0v) is 11.0. The minimum Gasteiger partial charge on any atom is -0.493 e. The molecule has 1 aromatic rings. The molecule has 17 heavy (non-hydrogen) atoms. The van der Waals surface area contributed by atoms with E-state index in [9.17, 15) is 4.57 Å². The van der Waals surface area contributed by atoms with E-state index in [0.717, 1.165) is 0 Å². The molecule has 0 aliphatic rings. The lowest BCUT2D eigenvalue weighted by atomic mass is 10.5. The van der Waals surface area contributed by atoms with Crippen molar-refractivity contribution in [1.82, 2.24) is 14.8 Å². The number of hydrogen-bond donors (Lipinski definition) is 0. The summed E-state index contributed by atoms with van der Waals surface area (Å²) < 4.78 is 28.1. The Balaban J connectivity index is 2.65. The lowest BCUT2D eigenvalue weighted by Gasteiger charge is -2.12. The van der Waals surface area contributed by atoms with Crippen LogP contribution in [-0.4, -0.2) is 35.1 Å². The molecule has 0 aliphatic carbocycles. The topological polar surface area (TPSA) is 75.5 Å². The third-order valence-electron chi connectivity index (χ3n) is 1.82. The van der Waals surface area contributed by atoms with Crippen LogP contribution in [-0.2, 0) is 24.9 Å². The summed E-state index contributed by atoms with van der Waals surface area (Å²) in [6.45, 7) is 4.06. The Morgan fingerprint density at radius 2 is 2.35 bits per heavy atom. The molecule has 1 heterocycles. The minimum absolute atomic E-state index is 0.359. The Hall–Kier alpha value is -1.33. The molecular weight excluding hydrogens is 245 g/mol. The molecule has 1 unspecified atom stereocenters. The van der Waals surface area contributed by atoms with Crippen LogP contribution in [0.5, 0.6) is 0 Å². The fourth-order valence-corrected chi connectivity index (χ4v) is 1.37. The van der Waals surface area contributed by atoms with Gasteiger partial charge in [0.1, 0.15) is 25.5 Å². The first-order chi connectivity index (χ1) is 8.07. The highest BCUT2D eigenvalue weighted by Crippen LogP contribution is 2.43. The highest BCUT2D eigenvalue weighted by atomic mass is 31.2. The summed E-state index contributed by atoms with van der Waals surface area (Å²) in [6, 6.07) is 0. The maximum atomic E-state index is 11.5. The van der Waals surface area contributed by atoms with Crippen molar-refractivity contribution < 1.29 is 18.3 Å². The Morgan fingerprint density at radius 1 is 1.59 bits per heavy atom. The molecule has 0 aromatic carbocycles. The van der Waals surface area contributed by atoms with E-state index in [1.165, 1.54) is 26.4 Å². The molecule has 96 valence electrons. The van der Waals surface area contributed by atoms with Gasteiger partial charge in [0.2, 0.25) is 0 Å². The molecule has 0 radical (unpaired) electrons. The first-order valence-corrected chi connectivity index (χ1v) is 7.02. The van der Waals surface area contributed by atoms with Gasteiger partial charge in [-0.2, -0.15) is 5.10 Å². The van der Waals surface area contributed by atoms with Crippen LogP contribution in [0.15, 0.2) is 24.7 Å². The summed E-state index contributed by atoms with van der Waals surface area (Å²) in [5, 5.41) is 3.93. The number of nitrogens with zero attached hydrogens (tertiary/aromatic N) is 3. The van der Waals surface area contributed by atoms with Crippen LogP contribution >= 0.6 is 7.60 Å². The van der Waals surface area contributed by atoms with Crippen LogP contribution in [0, 0.1) is 0 Å². The van der Waals surface area contributed by atoms with Crippen LogP contribution in [0.25, 0.3) is 0 Å². The molecule has 0 amide bonds. The number of rotatable bonds is 7. The average Bonchev–Trinajstić information content (AvgIpc) is 2.79. The van der Waals surface area contributed by atoms with E-state index in [-0.39, 0.29) is 0 Å². The van der Waals surface area contributed by atoms with Crippen LogP contribution in [0.1, 0.15) is 6.92 Å². The smallest absolute Gasteiger partial charge is 0.375 e. The molecule has 0 saturated carbocycles. The Morgan fingerprint density at radius 3 is 2.88 bits per heavy atom. The summed E-state index contributed by atoms with van der Waals surface area (Å²) in [4.78, 5) is 3.81. The summed E-state index contributed by atoms with van der Waals surface area (Å²) >= 11 is 0. The Bertz CT molecular complexity index is 404. The summed E-state index contributed by atoms with van der Waals surface area (Å²) in [5.74, 6) is 0.497. The van der Waals surface area contributed by atoms with Crippen molar-refractivity contribution in [1.29, 1.82) is 0 Å². The van der Waals surface area contributed by atoms with E-state index in [1.54, 1.807) is 11.0 Å². The Labute approximate surface area is 99.9 Å². The first-order valence-electron chi connectivity index (χ1n) is 5.03. The van der Waals surface area contributed by atoms with Crippen molar-refractivity contribution in [3.8, 4) is 0 Å².